The van der Waals surface area contributed by atoms with Gasteiger partial charge in [0.2, 0.25) is 5.91 Å². The van der Waals surface area contributed by atoms with E-state index in [1.807, 2.05) is 54.6 Å². The zero-order valence-corrected chi connectivity index (χ0v) is 14.8. The molecule has 0 spiro atoms. The van der Waals surface area contributed by atoms with E-state index in [9.17, 15) is 4.79 Å². The third-order valence-corrected chi connectivity index (χ3v) is 5.13. The first-order valence-electron chi connectivity index (χ1n) is 9.24. The molecule has 0 atom stereocenters. The van der Waals surface area contributed by atoms with Crippen molar-refractivity contribution < 1.29 is 9.53 Å². The largest absolute Gasteiger partial charge is 0.457 e. The van der Waals surface area contributed by atoms with Crippen LogP contribution in [-0.2, 0) is 11.3 Å². The molecule has 2 heterocycles. The number of hydrogen-bond acceptors (Lipinski definition) is 4. The summed E-state index contributed by atoms with van der Waals surface area (Å²) in [5, 5.41) is 3.05. The summed E-state index contributed by atoms with van der Waals surface area (Å²) in [4.78, 5) is 21.8. The molecular formula is C22H19N3O2. The highest BCUT2D eigenvalue weighted by molar-refractivity contribution is 5.89. The third kappa shape index (κ3) is 3.05. The van der Waals surface area contributed by atoms with Crippen molar-refractivity contribution in [1.29, 1.82) is 0 Å². The van der Waals surface area contributed by atoms with E-state index in [1.54, 1.807) is 6.33 Å². The molecule has 0 radical (unpaired) electrons. The molecule has 134 valence electrons. The number of aromatic nitrogens is 2. The summed E-state index contributed by atoms with van der Waals surface area (Å²) in [6.07, 6.45) is 3.98. The second kappa shape index (κ2) is 6.50. The number of carbonyl (C=O) groups excluding carboxylic acids is 1. The lowest BCUT2D eigenvalue weighted by Gasteiger charge is -2.27. The Labute approximate surface area is 157 Å². The summed E-state index contributed by atoms with van der Waals surface area (Å²) in [5.74, 6) is 1.58. The normalized spacial score (nSPS) is 15.4. The van der Waals surface area contributed by atoms with Crippen LogP contribution < -0.4 is 10.1 Å². The van der Waals surface area contributed by atoms with Gasteiger partial charge in [0.25, 0.3) is 0 Å². The van der Waals surface area contributed by atoms with Crippen LogP contribution in [0.1, 0.15) is 47.2 Å². The van der Waals surface area contributed by atoms with Gasteiger partial charge in [-0.1, -0.05) is 36.4 Å². The van der Waals surface area contributed by atoms with Crippen molar-refractivity contribution in [3.63, 3.8) is 0 Å². The van der Waals surface area contributed by atoms with Gasteiger partial charge in [-0.15, -0.1) is 0 Å². The Bertz CT molecular complexity index is 968. The Balaban J connectivity index is 1.40. The number of carbonyl (C=O) groups is 1. The van der Waals surface area contributed by atoms with Crippen molar-refractivity contribution in [3.8, 4) is 11.5 Å². The van der Waals surface area contributed by atoms with Gasteiger partial charge in [-0.3, -0.25) is 4.79 Å². The van der Waals surface area contributed by atoms with Gasteiger partial charge in [0.05, 0.1) is 18.2 Å². The molecule has 5 nitrogen and oxygen atoms in total. The first-order chi connectivity index (χ1) is 13.3. The average Bonchev–Trinajstić information content (AvgIpc) is 3.56. The van der Waals surface area contributed by atoms with Crippen molar-refractivity contribution in [3.05, 3.63) is 83.4 Å². The minimum atomic E-state index is -0.393. The molecule has 1 saturated carbocycles. The van der Waals surface area contributed by atoms with Crippen LogP contribution in [0.5, 0.6) is 11.5 Å². The number of amides is 1. The summed E-state index contributed by atoms with van der Waals surface area (Å²) in [7, 11) is 0. The molecular weight excluding hydrogens is 338 g/mol. The summed E-state index contributed by atoms with van der Waals surface area (Å²) in [6.45, 7) is 0.392. The van der Waals surface area contributed by atoms with Gasteiger partial charge < -0.3 is 10.1 Å². The lowest BCUT2D eigenvalue weighted by atomic mass is 9.87. The zero-order chi connectivity index (χ0) is 18.2. The molecule has 1 amide bonds. The number of hydrogen-bond donors (Lipinski definition) is 1. The Hall–Kier alpha value is -3.21. The Morgan fingerprint density at radius 3 is 2.33 bits per heavy atom. The Morgan fingerprint density at radius 2 is 1.67 bits per heavy atom. The van der Waals surface area contributed by atoms with E-state index in [0.717, 1.165) is 34.0 Å². The van der Waals surface area contributed by atoms with Gasteiger partial charge in [0.15, 0.2) is 0 Å². The fourth-order valence-corrected chi connectivity index (χ4v) is 3.59. The molecule has 0 saturated heterocycles. The van der Waals surface area contributed by atoms with Gasteiger partial charge in [-0.05, 0) is 31.0 Å². The maximum absolute atomic E-state index is 13.1. The predicted molar refractivity (Wildman–Crippen MR) is 101 cm³/mol. The molecule has 1 aliphatic heterocycles. The van der Waals surface area contributed by atoms with Gasteiger partial charge in [-0.2, -0.15) is 0 Å². The lowest BCUT2D eigenvalue weighted by molar-refractivity contribution is -0.122. The van der Waals surface area contributed by atoms with Crippen LogP contribution in [0.4, 0.5) is 0 Å². The molecule has 1 aliphatic carbocycles. The fourth-order valence-electron chi connectivity index (χ4n) is 3.59. The second-order valence-corrected chi connectivity index (χ2v) is 7.04. The van der Waals surface area contributed by atoms with Crippen molar-refractivity contribution in [2.45, 2.75) is 31.2 Å². The third-order valence-electron chi connectivity index (χ3n) is 5.13. The number of fused-ring (bicyclic) bond motifs is 2. The van der Waals surface area contributed by atoms with E-state index in [0.29, 0.717) is 12.5 Å². The molecule has 5 rings (SSSR count). The fraction of sp³-hybridized carbons (Fsp3) is 0.227. The second-order valence-electron chi connectivity index (χ2n) is 7.04. The van der Waals surface area contributed by atoms with Crippen LogP contribution in [0, 0.1) is 0 Å². The van der Waals surface area contributed by atoms with Crippen LogP contribution in [-0.4, -0.2) is 15.9 Å². The minimum absolute atomic E-state index is 0.0511. The molecule has 27 heavy (non-hydrogen) atoms. The topological polar surface area (TPSA) is 64.1 Å². The van der Waals surface area contributed by atoms with E-state index in [2.05, 4.69) is 15.3 Å². The maximum atomic E-state index is 13.1. The molecule has 1 N–H and O–H groups in total. The SMILES string of the molecule is O=C(NCc1cc(C2CC2)ncn1)C1c2ccccc2Oc2ccccc21. The number of ether oxygens (including phenoxy) is 1. The van der Waals surface area contributed by atoms with E-state index >= 15 is 0 Å². The standard InChI is InChI=1S/C22H19N3O2/c26-22(23-12-15-11-18(14-9-10-14)25-13-24-15)21-16-5-1-3-7-19(16)27-20-8-4-2-6-17(20)21/h1-8,11,13-14,21H,9-10,12H2,(H,23,26). The van der Waals surface area contributed by atoms with Crippen LogP contribution in [0.25, 0.3) is 0 Å². The van der Waals surface area contributed by atoms with Crippen molar-refractivity contribution in [2.24, 2.45) is 0 Å². The molecule has 2 aliphatic rings. The lowest BCUT2D eigenvalue weighted by Crippen LogP contribution is -2.31. The molecule has 5 heteroatoms. The minimum Gasteiger partial charge on any atom is -0.457 e. The van der Waals surface area contributed by atoms with E-state index < -0.39 is 5.92 Å². The maximum Gasteiger partial charge on any atom is 0.232 e. The predicted octanol–water partition coefficient (Wildman–Crippen LogP) is 3.91. The van der Waals surface area contributed by atoms with E-state index in [-0.39, 0.29) is 5.91 Å². The smallest absolute Gasteiger partial charge is 0.232 e. The summed E-state index contributed by atoms with van der Waals surface area (Å²) >= 11 is 0. The van der Waals surface area contributed by atoms with E-state index in [4.69, 9.17) is 4.74 Å². The highest BCUT2D eigenvalue weighted by Crippen LogP contribution is 2.44. The van der Waals surface area contributed by atoms with Gasteiger partial charge in [0.1, 0.15) is 17.8 Å². The number of para-hydroxylation sites is 2. The summed E-state index contributed by atoms with van der Waals surface area (Å²) in [5.41, 5.74) is 3.69. The van der Waals surface area contributed by atoms with Crippen LogP contribution in [0.15, 0.2) is 60.9 Å². The van der Waals surface area contributed by atoms with E-state index in [1.165, 1.54) is 12.8 Å². The quantitative estimate of drug-likeness (QED) is 0.769. The van der Waals surface area contributed by atoms with Crippen molar-refractivity contribution in [1.82, 2.24) is 15.3 Å². The number of nitrogens with zero attached hydrogens (tertiary/aromatic N) is 2. The number of nitrogens with one attached hydrogen (secondary N) is 1. The summed E-state index contributed by atoms with van der Waals surface area (Å²) < 4.78 is 5.97. The highest BCUT2D eigenvalue weighted by atomic mass is 16.5. The molecule has 0 bridgehead atoms. The molecule has 1 aromatic heterocycles. The van der Waals surface area contributed by atoms with Gasteiger partial charge in [0, 0.05) is 22.7 Å². The summed E-state index contributed by atoms with van der Waals surface area (Å²) in [6, 6.07) is 17.4. The molecule has 1 fully saturated rings. The Kier molecular flexibility index (Phi) is 3.85. The zero-order valence-electron chi connectivity index (χ0n) is 14.8. The molecule has 2 aromatic carbocycles. The first kappa shape index (κ1) is 16.0. The van der Waals surface area contributed by atoms with Gasteiger partial charge >= 0.3 is 0 Å². The van der Waals surface area contributed by atoms with Crippen molar-refractivity contribution in [2.75, 3.05) is 0 Å². The average molecular weight is 357 g/mol. The number of rotatable bonds is 4. The van der Waals surface area contributed by atoms with Crippen molar-refractivity contribution >= 4 is 5.91 Å². The van der Waals surface area contributed by atoms with Crippen LogP contribution in [0.2, 0.25) is 0 Å². The van der Waals surface area contributed by atoms with Gasteiger partial charge in [-0.25, -0.2) is 9.97 Å². The first-order valence-corrected chi connectivity index (χ1v) is 9.24. The Morgan fingerprint density at radius 1 is 1.00 bits per heavy atom. The molecule has 3 aromatic rings. The monoisotopic (exact) mass is 357 g/mol. The highest BCUT2D eigenvalue weighted by Gasteiger charge is 2.32. The molecule has 0 unspecified atom stereocenters. The van der Waals surface area contributed by atoms with Crippen LogP contribution in [0.3, 0.4) is 0 Å². The number of benzene rings is 2. The van der Waals surface area contributed by atoms with Crippen LogP contribution >= 0.6 is 0 Å².